The van der Waals surface area contributed by atoms with Gasteiger partial charge < -0.3 is 10.1 Å². The van der Waals surface area contributed by atoms with Crippen LogP contribution in [-0.4, -0.2) is 14.3 Å². The van der Waals surface area contributed by atoms with Crippen LogP contribution in [0.3, 0.4) is 0 Å². The topological polar surface area (TPSA) is 98.5 Å². The van der Waals surface area contributed by atoms with Crippen molar-refractivity contribution in [2.45, 2.75) is 11.3 Å². The Hall–Kier alpha value is -2.88. The molecular weight excluding hydrogens is 587 g/mol. The molecule has 0 saturated heterocycles. The van der Waals surface area contributed by atoms with Crippen LogP contribution in [0.2, 0.25) is 10.0 Å². The maximum absolute atomic E-state index is 12.4. The van der Waals surface area contributed by atoms with Gasteiger partial charge in [0.1, 0.15) is 11.5 Å². The molecule has 0 aliphatic carbocycles. The summed E-state index contributed by atoms with van der Waals surface area (Å²) in [5.74, 6) is 0.789. The van der Waals surface area contributed by atoms with Gasteiger partial charge in [-0.15, -0.1) is 0 Å². The molecule has 0 saturated carbocycles. The minimum atomic E-state index is -3.78. The molecule has 0 aliphatic rings. The molecule has 0 atom stereocenters. The van der Waals surface area contributed by atoms with Crippen LogP contribution in [0.1, 0.15) is 5.56 Å². The number of sulfonamides is 1. The van der Waals surface area contributed by atoms with Gasteiger partial charge in [0.05, 0.1) is 20.8 Å². The van der Waals surface area contributed by atoms with Crippen LogP contribution in [0, 0.1) is 0 Å². The molecule has 0 aliphatic heterocycles. The van der Waals surface area contributed by atoms with Gasteiger partial charge in [0.2, 0.25) is 15.9 Å². The predicted octanol–water partition coefficient (Wildman–Crippen LogP) is 7.04. The highest BCUT2D eigenvalue weighted by atomic mass is 79.9. The molecule has 0 bridgehead atoms. The van der Waals surface area contributed by atoms with E-state index in [1.807, 2.05) is 36.4 Å². The summed E-state index contributed by atoms with van der Waals surface area (Å²) >= 11 is 15.9. The number of ether oxygens (including phenoxy) is 1. The number of nitrogens with one attached hydrogen (secondary N) is 1. The zero-order valence-corrected chi connectivity index (χ0v) is 22.5. The van der Waals surface area contributed by atoms with Gasteiger partial charge in [-0.1, -0.05) is 53.5 Å². The second kappa shape index (κ2) is 11.0. The second-order valence-corrected chi connectivity index (χ2v) is 11.1. The number of carbonyl (C=O) groups is 1. The van der Waals surface area contributed by atoms with Gasteiger partial charge in [-0.05, 0) is 81.2 Å². The quantitative estimate of drug-likeness (QED) is 0.236. The third-order valence-corrected chi connectivity index (χ3v) is 7.29. The fourth-order valence-corrected chi connectivity index (χ4v) is 4.53. The molecule has 6 nitrogen and oxygen atoms in total. The number of nitrogens with two attached hydrogens (primary N) is 1. The average molecular weight is 606 g/mol. The fraction of sp³-hybridized carbons (Fsp3) is 0.0385. The van der Waals surface area contributed by atoms with Crippen molar-refractivity contribution in [3.8, 4) is 22.6 Å². The molecule has 10 heteroatoms. The van der Waals surface area contributed by atoms with Gasteiger partial charge in [0, 0.05) is 16.8 Å². The van der Waals surface area contributed by atoms with E-state index in [0.29, 0.717) is 27.2 Å². The number of primary sulfonamides is 1. The van der Waals surface area contributed by atoms with Crippen LogP contribution >= 0.6 is 39.1 Å². The monoisotopic (exact) mass is 604 g/mol. The van der Waals surface area contributed by atoms with E-state index in [0.717, 1.165) is 21.2 Å². The molecule has 4 aromatic rings. The SMILES string of the molecule is NS(=O)(=O)c1ccc(NC(=O)Cc2ccc(-c3ccc(Cl)c(Oc4cc(Cl)ccc4Br)c3)cc2)cc1. The largest absolute Gasteiger partial charge is 0.455 e. The lowest BCUT2D eigenvalue weighted by Crippen LogP contribution is -2.15. The normalized spacial score (nSPS) is 11.2. The van der Waals surface area contributed by atoms with Crippen molar-refractivity contribution >= 4 is 60.7 Å². The van der Waals surface area contributed by atoms with E-state index in [1.54, 1.807) is 24.3 Å². The van der Waals surface area contributed by atoms with Crippen LogP contribution in [0.15, 0.2) is 94.3 Å². The molecule has 1 amide bonds. The number of amides is 1. The van der Waals surface area contributed by atoms with E-state index in [9.17, 15) is 13.2 Å². The first-order valence-electron chi connectivity index (χ1n) is 10.5. The first-order valence-corrected chi connectivity index (χ1v) is 13.6. The van der Waals surface area contributed by atoms with E-state index in [1.165, 1.54) is 24.3 Å². The first-order chi connectivity index (χ1) is 17.1. The van der Waals surface area contributed by atoms with Crippen LogP contribution in [-0.2, 0) is 21.2 Å². The van der Waals surface area contributed by atoms with Crippen molar-refractivity contribution in [2.24, 2.45) is 5.14 Å². The number of hydrogen-bond donors (Lipinski definition) is 2. The Kier molecular flexibility index (Phi) is 8.02. The highest BCUT2D eigenvalue weighted by Crippen LogP contribution is 2.37. The van der Waals surface area contributed by atoms with E-state index in [2.05, 4.69) is 21.2 Å². The third kappa shape index (κ3) is 6.66. The molecule has 0 heterocycles. The average Bonchev–Trinajstić information content (AvgIpc) is 2.83. The minimum Gasteiger partial charge on any atom is -0.455 e. The van der Waals surface area contributed by atoms with Crippen molar-refractivity contribution in [2.75, 3.05) is 5.32 Å². The summed E-state index contributed by atoms with van der Waals surface area (Å²) < 4.78 is 29.4. The highest BCUT2D eigenvalue weighted by Gasteiger charge is 2.11. The van der Waals surface area contributed by atoms with Gasteiger partial charge in [-0.3, -0.25) is 4.79 Å². The molecule has 36 heavy (non-hydrogen) atoms. The lowest BCUT2D eigenvalue weighted by atomic mass is 10.0. The number of anilines is 1. The number of hydrogen-bond acceptors (Lipinski definition) is 4. The van der Waals surface area contributed by atoms with E-state index >= 15 is 0 Å². The number of rotatable bonds is 7. The van der Waals surface area contributed by atoms with Crippen LogP contribution < -0.4 is 15.2 Å². The van der Waals surface area contributed by atoms with Crippen LogP contribution in [0.5, 0.6) is 11.5 Å². The lowest BCUT2D eigenvalue weighted by molar-refractivity contribution is -0.115. The molecule has 3 N–H and O–H groups in total. The molecule has 4 aromatic carbocycles. The smallest absolute Gasteiger partial charge is 0.238 e. The molecular formula is C26H19BrCl2N2O4S. The van der Waals surface area contributed by atoms with Crippen LogP contribution in [0.4, 0.5) is 5.69 Å². The van der Waals surface area contributed by atoms with Gasteiger partial charge in [-0.25, -0.2) is 13.6 Å². The summed E-state index contributed by atoms with van der Waals surface area (Å²) in [4.78, 5) is 12.4. The second-order valence-electron chi connectivity index (χ2n) is 7.81. The predicted molar refractivity (Wildman–Crippen MR) is 146 cm³/mol. The van der Waals surface area contributed by atoms with E-state index in [-0.39, 0.29) is 17.2 Å². The summed E-state index contributed by atoms with van der Waals surface area (Å²) in [7, 11) is -3.78. The zero-order chi connectivity index (χ0) is 25.9. The molecule has 0 radical (unpaired) electrons. The molecule has 0 fully saturated rings. The molecule has 0 spiro atoms. The Morgan fingerprint density at radius 3 is 2.19 bits per heavy atom. The van der Waals surface area contributed by atoms with Crippen molar-refractivity contribution in [3.05, 3.63) is 105 Å². The van der Waals surface area contributed by atoms with Crippen molar-refractivity contribution in [3.63, 3.8) is 0 Å². The van der Waals surface area contributed by atoms with Gasteiger partial charge in [-0.2, -0.15) is 0 Å². The molecule has 184 valence electrons. The number of benzene rings is 4. The Morgan fingerprint density at radius 1 is 0.861 bits per heavy atom. The van der Waals surface area contributed by atoms with Gasteiger partial charge >= 0.3 is 0 Å². The van der Waals surface area contributed by atoms with Crippen molar-refractivity contribution < 1.29 is 17.9 Å². The van der Waals surface area contributed by atoms with Crippen molar-refractivity contribution in [1.29, 1.82) is 0 Å². The number of halogens is 3. The van der Waals surface area contributed by atoms with E-state index < -0.39 is 10.0 Å². The van der Waals surface area contributed by atoms with Crippen molar-refractivity contribution in [1.82, 2.24) is 0 Å². The van der Waals surface area contributed by atoms with Gasteiger partial charge in [0.15, 0.2) is 0 Å². The first kappa shape index (κ1) is 26.2. The summed E-state index contributed by atoms with van der Waals surface area (Å²) in [6.07, 6.45) is 0.148. The summed E-state index contributed by atoms with van der Waals surface area (Å²) in [5, 5.41) is 8.83. The summed E-state index contributed by atoms with van der Waals surface area (Å²) in [6.45, 7) is 0. The summed E-state index contributed by atoms with van der Waals surface area (Å²) in [6, 6.07) is 23.9. The molecule has 0 aromatic heterocycles. The molecule has 0 unspecified atom stereocenters. The Morgan fingerprint density at radius 2 is 1.53 bits per heavy atom. The summed E-state index contributed by atoms with van der Waals surface area (Å²) in [5.41, 5.74) is 3.10. The number of carbonyl (C=O) groups excluding carboxylic acids is 1. The lowest BCUT2D eigenvalue weighted by Gasteiger charge is -2.12. The molecule has 4 rings (SSSR count). The highest BCUT2D eigenvalue weighted by molar-refractivity contribution is 9.10. The Balaban J connectivity index is 1.44. The Labute approximate surface area is 227 Å². The van der Waals surface area contributed by atoms with Gasteiger partial charge in [0.25, 0.3) is 0 Å². The maximum atomic E-state index is 12.4. The minimum absolute atomic E-state index is 0.0213. The Bertz CT molecular complexity index is 1530. The standard InChI is InChI=1S/C26H19BrCl2N2O4S/c27-22-11-6-19(28)15-24(22)35-25-14-18(5-12-23(25)29)17-3-1-16(2-4-17)13-26(32)31-20-7-9-21(10-8-20)36(30,33)34/h1-12,14-15H,13H2,(H,31,32)(H2,30,33,34). The fourth-order valence-electron chi connectivity index (χ4n) is 3.37. The third-order valence-electron chi connectivity index (χ3n) is 5.16. The van der Waals surface area contributed by atoms with Crippen LogP contribution in [0.25, 0.3) is 11.1 Å². The zero-order valence-electron chi connectivity index (χ0n) is 18.5. The maximum Gasteiger partial charge on any atom is 0.238 e. The van der Waals surface area contributed by atoms with E-state index in [4.69, 9.17) is 33.1 Å².